The highest BCUT2D eigenvalue weighted by Gasteiger charge is 2.41. The van der Waals surface area contributed by atoms with Gasteiger partial charge in [-0.3, -0.25) is 9.99 Å². The number of hydrogen-bond donors (Lipinski definition) is 1. The van der Waals surface area contributed by atoms with Gasteiger partial charge in [0.2, 0.25) is 5.95 Å². The lowest BCUT2D eigenvalue weighted by molar-refractivity contribution is -0.119. The first-order valence-electron chi connectivity index (χ1n) is 11.7. The molecule has 8 heteroatoms. The second kappa shape index (κ2) is 8.78. The van der Waals surface area contributed by atoms with Crippen molar-refractivity contribution in [3.05, 3.63) is 18.0 Å². The fraction of sp³-hybridized carbons (Fsp3) is 0.773. The number of ketones is 1. The Kier molecular flexibility index (Phi) is 6.07. The third-order valence-electron chi connectivity index (χ3n) is 7.53. The predicted octanol–water partition coefficient (Wildman–Crippen LogP) is 2.80. The number of nitrogens with zero attached hydrogens (tertiary/aromatic N) is 5. The molecule has 0 spiro atoms. The zero-order valence-electron chi connectivity index (χ0n) is 18.3. The van der Waals surface area contributed by atoms with Crippen LogP contribution in [0.25, 0.3) is 0 Å². The number of carbonyl (C=O) groups excluding carboxylic acids is 1. The number of nitrogens with one attached hydrogen (secondary N) is 1. The van der Waals surface area contributed by atoms with Gasteiger partial charge in [0.15, 0.2) is 0 Å². The fourth-order valence-corrected chi connectivity index (χ4v) is 8.08. The van der Waals surface area contributed by atoms with Crippen LogP contribution in [0.3, 0.4) is 0 Å². The summed E-state index contributed by atoms with van der Waals surface area (Å²) in [6.07, 6.45) is 10.9. The van der Waals surface area contributed by atoms with Gasteiger partial charge in [-0.1, -0.05) is 6.92 Å². The number of piperidine rings is 1. The van der Waals surface area contributed by atoms with Gasteiger partial charge in [-0.15, -0.1) is 0 Å². The zero-order valence-corrected chi connectivity index (χ0v) is 19.2. The van der Waals surface area contributed by atoms with E-state index in [-0.39, 0.29) is 8.22 Å². The molecule has 4 aliphatic rings. The Labute approximate surface area is 181 Å². The van der Waals surface area contributed by atoms with Gasteiger partial charge in [-0.05, 0) is 69.6 Å². The number of carbonyl (C=O) groups is 1. The quantitative estimate of drug-likeness (QED) is 0.696. The molecule has 7 nitrogen and oxygen atoms in total. The number of likely N-dealkylation sites (N-methyl/N-ethyl adjacent to an activating group) is 1. The molecule has 1 aliphatic carbocycles. The van der Waals surface area contributed by atoms with E-state index in [1.54, 1.807) is 6.92 Å². The van der Waals surface area contributed by atoms with Crippen molar-refractivity contribution in [2.75, 3.05) is 43.7 Å². The van der Waals surface area contributed by atoms with E-state index in [2.05, 4.69) is 38.9 Å². The zero-order chi connectivity index (χ0) is 20.7. The third kappa shape index (κ3) is 4.14. The summed E-state index contributed by atoms with van der Waals surface area (Å²) < 4.78 is 2.46. The summed E-state index contributed by atoms with van der Waals surface area (Å²) in [5.41, 5.74) is 1.31. The Hall–Kier alpha value is -1.14. The SMILES string of the molecule is CCN1CC2CNP(C1)N2c1ncc(C2CCN(C3CC(CC(C)=O)C3)CC2)cn1. The monoisotopic (exact) mass is 430 g/mol. The number of rotatable bonds is 6. The molecule has 2 atom stereocenters. The van der Waals surface area contributed by atoms with Gasteiger partial charge in [0.25, 0.3) is 0 Å². The molecule has 3 saturated heterocycles. The van der Waals surface area contributed by atoms with E-state index in [0.29, 0.717) is 29.7 Å². The lowest BCUT2D eigenvalue weighted by atomic mass is 9.75. The van der Waals surface area contributed by atoms with Gasteiger partial charge in [0.05, 0.1) is 20.6 Å². The normalized spacial score (nSPS) is 32.9. The van der Waals surface area contributed by atoms with Gasteiger partial charge in [0, 0.05) is 37.9 Å². The van der Waals surface area contributed by atoms with Crippen LogP contribution in [0, 0.1) is 5.92 Å². The minimum atomic E-state index is -0.366. The smallest absolute Gasteiger partial charge is 0.229 e. The van der Waals surface area contributed by atoms with Crippen LogP contribution in [0.1, 0.15) is 57.4 Å². The van der Waals surface area contributed by atoms with Crippen LogP contribution in [0.2, 0.25) is 0 Å². The average molecular weight is 431 g/mol. The highest BCUT2D eigenvalue weighted by molar-refractivity contribution is 7.57. The number of hydrogen-bond acceptors (Lipinski definition) is 7. The lowest BCUT2D eigenvalue weighted by Crippen LogP contribution is -2.48. The Bertz CT molecular complexity index is 732. The molecule has 164 valence electrons. The van der Waals surface area contributed by atoms with Crippen LogP contribution in [0.4, 0.5) is 5.95 Å². The van der Waals surface area contributed by atoms with Crippen LogP contribution < -0.4 is 9.76 Å². The molecular formula is C22H35N6OP. The van der Waals surface area contributed by atoms with E-state index in [0.717, 1.165) is 38.3 Å². The minimum Gasteiger partial charge on any atom is -0.300 e. The first kappa shape index (κ1) is 20.7. The molecule has 1 saturated carbocycles. The summed E-state index contributed by atoms with van der Waals surface area (Å²) in [7, 11) is -0.366. The Morgan fingerprint density at radius 2 is 1.93 bits per heavy atom. The fourth-order valence-electron chi connectivity index (χ4n) is 5.71. The van der Waals surface area contributed by atoms with Crippen LogP contribution in [-0.2, 0) is 4.79 Å². The van der Waals surface area contributed by atoms with E-state index in [1.807, 2.05) is 0 Å². The maximum atomic E-state index is 11.3. The molecule has 0 radical (unpaired) electrons. The maximum Gasteiger partial charge on any atom is 0.229 e. The molecule has 4 heterocycles. The summed E-state index contributed by atoms with van der Waals surface area (Å²) in [6, 6.07) is 1.22. The largest absolute Gasteiger partial charge is 0.300 e. The van der Waals surface area contributed by atoms with Crippen LogP contribution in [-0.4, -0.2) is 76.6 Å². The molecule has 0 amide bonds. The number of fused-ring (bicyclic) bond motifs is 2. The Morgan fingerprint density at radius 3 is 2.57 bits per heavy atom. The first-order valence-corrected chi connectivity index (χ1v) is 13.2. The van der Waals surface area contributed by atoms with Crippen LogP contribution in [0.15, 0.2) is 12.4 Å². The molecule has 2 unspecified atom stereocenters. The van der Waals surface area contributed by atoms with Crippen molar-refractivity contribution in [3.8, 4) is 0 Å². The summed E-state index contributed by atoms with van der Waals surface area (Å²) >= 11 is 0. The van der Waals surface area contributed by atoms with E-state index >= 15 is 0 Å². The number of anilines is 1. The second-order valence-corrected chi connectivity index (χ2v) is 11.4. The topological polar surface area (TPSA) is 64.6 Å². The summed E-state index contributed by atoms with van der Waals surface area (Å²) in [6.45, 7) is 9.60. The van der Waals surface area contributed by atoms with E-state index in [9.17, 15) is 4.79 Å². The standard InChI is InChI=1S/C22H35N6OP/c1-3-26-14-21-13-25-30(15-26)28(21)22-23-11-19(12-24-22)18-4-6-27(7-5-18)20-9-17(10-20)8-16(2)29/h11-12,17-18,20-21,25H,3-10,13-15H2,1-2H3. The van der Waals surface area contributed by atoms with Gasteiger partial charge < -0.3 is 14.4 Å². The maximum absolute atomic E-state index is 11.3. The third-order valence-corrected chi connectivity index (χ3v) is 9.77. The molecule has 0 aromatic carbocycles. The van der Waals surface area contributed by atoms with E-state index < -0.39 is 0 Å². The van der Waals surface area contributed by atoms with Crippen LogP contribution >= 0.6 is 8.22 Å². The highest BCUT2D eigenvalue weighted by atomic mass is 31.1. The molecule has 2 bridgehead atoms. The number of likely N-dealkylation sites (tertiary alicyclic amines) is 1. The summed E-state index contributed by atoms with van der Waals surface area (Å²) in [4.78, 5) is 26.1. The molecule has 5 rings (SSSR count). The molecule has 3 aliphatic heterocycles. The van der Waals surface area contributed by atoms with Gasteiger partial charge >= 0.3 is 0 Å². The highest BCUT2D eigenvalue weighted by Crippen LogP contribution is 2.48. The van der Waals surface area contributed by atoms with E-state index in [4.69, 9.17) is 9.97 Å². The second-order valence-electron chi connectivity index (χ2n) is 9.60. The van der Waals surface area contributed by atoms with Crippen molar-refractivity contribution < 1.29 is 4.79 Å². The van der Waals surface area contributed by atoms with Crippen molar-refractivity contribution in [1.29, 1.82) is 0 Å². The Morgan fingerprint density at radius 1 is 1.20 bits per heavy atom. The van der Waals surface area contributed by atoms with Crippen molar-refractivity contribution in [2.45, 2.75) is 64.0 Å². The average Bonchev–Trinajstić information content (AvgIpc) is 3.00. The van der Waals surface area contributed by atoms with Crippen molar-refractivity contribution in [2.24, 2.45) is 5.92 Å². The molecule has 30 heavy (non-hydrogen) atoms. The van der Waals surface area contributed by atoms with Gasteiger partial charge in [-0.2, -0.15) is 0 Å². The number of aromatic nitrogens is 2. The molecule has 1 aromatic rings. The molecular weight excluding hydrogens is 395 g/mol. The lowest BCUT2D eigenvalue weighted by Gasteiger charge is -2.45. The van der Waals surface area contributed by atoms with Gasteiger partial charge in [-0.25, -0.2) is 9.97 Å². The summed E-state index contributed by atoms with van der Waals surface area (Å²) in [5.74, 6) is 2.48. The van der Waals surface area contributed by atoms with Crippen molar-refractivity contribution in [3.63, 3.8) is 0 Å². The van der Waals surface area contributed by atoms with Gasteiger partial charge in [0.1, 0.15) is 5.78 Å². The number of Topliss-reactive ketones (excluding diaryl/α,β-unsaturated/α-hetero) is 1. The summed E-state index contributed by atoms with van der Waals surface area (Å²) in [5, 5.41) is 3.69. The minimum absolute atomic E-state index is 0.345. The molecule has 1 aromatic heterocycles. The van der Waals surface area contributed by atoms with Crippen molar-refractivity contribution >= 4 is 20.0 Å². The van der Waals surface area contributed by atoms with E-state index in [1.165, 1.54) is 44.3 Å². The van der Waals surface area contributed by atoms with Crippen LogP contribution in [0.5, 0.6) is 0 Å². The van der Waals surface area contributed by atoms with Crippen molar-refractivity contribution in [1.82, 2.24) is 24.9 Å². The molecule has 4 fully saturated rings. The molecule has 1 N–H and O–H groups in total. The predicted molar refractivity (Wildman–Crippen MR) is 121 cm³/mol. The first-order chi connectivity index (χ1) is 14.6. The Balaban J connectivity index is 1.14.